The zero-order chi connectivity index (χ0) is 35.9. The van der Waals surface area contributed by atoms with E-state index in [0.29, 0.717) is 55.6 Å². The number of nitrogens with zero attached hydrogens (tertiary/aromatic N) is 9. The third-order valence-electron chi connectivity index (χ3n) is 10.8. The molecule has 2 amide bonds. The van der Waals surface area contributed by atoms with Gasteiger partial charge in [-0.05, 0) is 56.4 Å². The van der Waals surface area contributed by atoms with Crippen LogP contribution in [0.1, 0.15) is 62.3 Å². The number of carbonyl (C=O) groups is 2. The molecule has 2 N–H and O–H groups in total. The molecule has 3 fully saturated rings. The van der Waals surface area contributed by atoms with Gasteiger partial charge in [0.2, 0.25) is 17.8 Å². The second kappa shape index (κ2) is 14.4. The Labute approximate surface area is 302 Å². The van der Waals surface area contributed by atoms with Crippen molar-refractivity contribution in [3.05, 3.63) is 59.2 Å². The Morgan fingerprint density at radius 2 is 1.79 bits per heavy atom. The summed E-state index contributed by atoms with van der Waals surface area (Å²) in [6.45, 7) is 10.7. The minimum atomic E-state index is -0.407. The average molecular weight is 712 g/mol. The number of imide groups is 1. The highest BCUT2D eigenvalue weighted by molar-refractivity contribution is 6.00. The molecular weight excluding hydrogens is 665 g/mol. The van der Waals surface area contributed by atoms with Crippen molar-refractivity contribution in [1.82, 2.24) is 39.8 Å². The third-order valence-corrected chi connectivity index (χ3v) is 10.8. The molecule has 4 aliphatic rings. The van der Waals surface area contributed by atoms with Crippen LogP contribution in [0.3, 0.4) is 0 Å². The Kier molecular flexibility index (Phi) is 9.49. The number of piperazine rings is 1. The molecule has 3 saturated heterocycles. The van der Waals surface area contributed by atoms with Crippen LogP contribution in [-0.4, -0.2) is 105 Å². The van der Waals surface area contributed by atoms with E-state index >= 15 is 4.39 Å². The summed E-state index contributed by atoms with van der Waals surface area (Å²) in [6, 6.07) is 7.36. The van der Waals surface area contributed by atoms with Crippen molar-refractivity contribution < 1.29 is 18.7 Å². The van der Waals surface area contributed by atoms with Gasteiger partial charge < -0.3 is 19.9 Å². The highest BCUT2D eigenvalue weighted by Gasteiger charge is 2.36. The van der Waals surface area contributed by atoms with Gasteiger partial charge in [0, 0.05) is 102 Å². The van der Waals surface area contributed by atoms with E-state index in [9.17, 15) is 9.59 Å². The zero-order valence-electron chi connectivity index (χ0n) is 30.0. The van der Waals surface area contributed by atoms with E-state index in [-0.39, 0.29) is 29.8 Å². The molecule has 0 bridgehead atoms. The van der Waals surface area contributed by atoms with Crippen LogP contribution < -0.4 is 20.4 Å². The van der Waals surface area contributed by atoms with Crippen molar-refractivity contribution >= 4 is 46.1 Å². The maximum atomic E-state index is 15.3. The van der Waals surface area contributed by atoms with E-state index in [1.165, 1.54) is 0 Å². The first-order valence-electron chi connectivity index (χ1n) is 18.3. The molecule has 4 aliphatic heterocycles. The number of piperidine rings is 2. The SMILES string of the molecule is COC1CCN(c2nccc(Nc3cc4c(cn3)c(N3CCN(Cc5cc(F)c6c(c5)CN(C5CCC(=O)NC5=O)C6)CC3)nn4C(C)C)n2)CC1. The summed E-state index contributed by atoms with van der Waals surface area (Å²) in [6.07, 6.45) is 6.65. The Morgan fingerprint density at radius 3 is 2.54 bits per heavy atom. The summed E-state index contributed by atoms with van der Waals surface area (Å²) in [5.74, 6) is 2.25. The number of amides is 2. The molecule has 52 heavy (non-hydrogen) atoms. The van der Waals surface area contributed by atoms with E-state index < -0.39 is 6.04 Å². The van der Waals surface area contributed by atoms with Gasteiger partial charge >= 0.3 is 0 Å². The van der Waals surface area contributed by atoms with Crippen LogP contribution in [0.25, 0.3) is 10.9 Å². The molecule has 0 saturated carbocycles. The fourth-order valence-corrected chi connectivity index (χ4v) is 7.98. The van der Waals surface area contributed by atoms with Crippen molar-refractivity contribution in [2.24, 2.45) is 0 Å². The molecule has 274 valence electrons. The number of halogens is 1. The predicted molar refractivity (Wildman–Crippen MR) is 195 cm³/mol. The number of rotatable bonds is 9. The molecule has 7 heterocycles. The van der Waals surface area contributed by atoms with Crippen molar-refractivity contribution in [2.45, 2.75) is 77.4 Å². The minimum absolute atomic E-state index is 0.147. The molecule has 15 heteroatoms. The van der Waals surface area contributed by atoms with Gasteiger partial charge in [0.1, 0.15) is 17.5 Å². The van der Waals surface area contributed by atoms with Crippen LogP contribution >= 0.6 is 0 Å². The molecule has 1 aromatic carbocycles. The van der Waals surface area contributed by atoms with Crippen LogP contribution in [0, 0.1) is 5.82 Å². The highest BCUT2D eigenvalue weighted by Crippen LogP contribution is 2.33. The number of aromatic nitrogens is 5. The quantitative estimate of drug-likeness (QED) is 0.245. The lowest BCUT2D eigenvalue weighted by Crippen LogP contribution is -2.50. The molecular formula is C37H46FN11O3. The Bertz CT molecular complexity index is 1970. The number of hydrogen-bond donors (Lipinski definition) is 2. The van der Waals surface area contributed by atoms with Gasteiger partial charge in [0.25, 0.3) is 0 Å². The van der Waals surface area contributed by atoms with E-state index in [1.54, 1.807) is 19.4 Å². The van der Waals surface area contributed by atoms with E-state index in [4.69, 9.17) is 19.8 Å². The number of fused-ring (bicyclic) bond motifs is 2. The smallest absolute Gasteiger partial charge is 0.243 e. The molecule has 1 atom stereocenters. The molecule has 4 aromatic rings. The van der Waals surface area contributed by atoms with Gasteiger partial charge in [-0.15, -0.1) is 0 Å². The maximum absolute atomic E-state index is 15.3. The predicted octanol–water partition coefficient (Wildman–Crippen LogP) is 3.74. The molecule has 0 spiro atoms. The van der Waals surface area contributed by atoms with Crippen molar-refractivity contribution in [2.75, 3.05) is 61.5 Å². The summed E-state index contributed by atoms with van der Waals surface area (Å²) >= 11 is 0. The molecule has 0 radical (unpaired) electrons. The minimum Gasteiger partial charge on any atom is -0.381 e. The molecule has 14 nitrogen and oxygen atoms in total. The number of methoxy groups -OCH3 is 1. The first-order valence-corrected chi connectivity index (χ1v) is 18.3. The fourth-order valence-electron chi connectivity index (χ4n) is 7.98. The second-order valence-electron chi connectivity index (χ2n) is 14.6. The van der Waals surface area contributed by atoms with Gasteiger partial charge in [0.05, 0.1) is 23.0 Å². The van der Waals surface area contributed by atoms with Crippen molar-refractivity contribution in [3.8, 4) is 0 Å². The monoisotopic (exact) mass is 711 g/mol. The summed E-state index contributed by atoms with van der Waals surface area (Å²) in [7, 11) is 1.77. The van der Waals surface area contributed by atoms with Crippen LogP contribution in [0.15, 0.2) is 36.7 Å². The second-order valence-corrected chi connectivity index (χ2v) is 14.6. The van der Waals surface area contributed by atoms with E-state index in [0.717, 1.165) is 80.0 Å². The van der Waals surface area contributed by atoms with E-state index in [1.807, 2.05) is 23.2 Å². The first kappa shape index (κ1) is 34.4. The fraction of sp³-hybridized carbons (Fsp3) is 0.514. The lowest BCUT2D eigenvalue weighted by atomic mass is 10.0. The number of nitrogens with one attached hydrogen (secondary N) is 2. The summed E-state index contributed by atoms with van der Waals surface area (Å²) in [5.41, 5.74) is 3.51. The van der Waals surface area contributed by atoms with Gasteiger partial charge in [-0.1, -0.05) is 6.07 Å². The average Bonchev–Trinajstić information content (AvgIpc) is 3.75. The number of anilines is 4. The molecule has 1 unspecified atom stereocenters. The molecule has 0 aliphatic carbocycles. The Morgan fingerprint density at radius 1 is 0.981 bits per heavy atom. The largest absolute Gasteiger partial charge is 0.381 e. The lowest BCUT2D eigenvalue weighted by Gasteiger charge is -2.35. The summed E-state index contributed by atoms with van der Waals surface area (Å²) in [4.78, 5) is 47.0. The zero-order valence-corrected chi connectivity index (χ0v) is 30.0. The Balaban J connectivity index is 0.918. The highest BCUT2D eigenvalue weighted by atomic mass is 19.1. The third kappa shape index (κ3) is 6.92. The molecule has 8 rings (SSSR count). The van der Waals surface area contributed by atoms with Crippen molar-refractivity contribution in [3.63, 3.8) is 0 Å². The van der Waals surface area contributed by atoms with Crippen LogP contribution in [-0.2, 0) is 34.0 Å². The molecule has 3 aromatic heterocycles. The van der Waals surface area contributed by atoms with Gasteiger partial charge in [-0.25, -0.2) is 14.4 Å². The topological polar surface area (TPSA) is 137 Å². The lowest BCUT2D eigenvalue weighted by molar-refractivity contribution is -0.137. The number of pyridine rings is 1. The first-order chi connectivity index (χ1) is 25.2. The maximum Gasteiger partial charge on any atom is 0.243 e. The van der Waals surface area contributed by atoms with Crippen LogP contribution in [0.2, 0.25) is 0 Å². The normalized spacial score (nSPS) is 20.6. The number of carbonyl (C=O) groups excluding carboxylic acids is 2. The number of benzene rings is 1. The summed E-state index contributed by atoms with van der Waals surface area (Å²) in [5, 5.41) is 11.9. The summed E-state index contributed by atoms with van der Waals surface area (Å²) < 4.78 is 22.9. The van der Waals surface area contributed by atoms with Crippen LogP contribution in [0.4, 0.5) is 27.8 Å². The van der Waals surface area contributed by atoms with Gasteiger partial charge in [0.15, 0.2) is 5.82 Å². The van der Waals surface area contributed by atoms with E-state index in [2.05, 4.69) is 54.9 Å². The number of hydrogen-bond acceptors (Lipinski definition) is 12. The Hall–Kier alpha value is -4.73. The van der Waals surface area contributed by atoms with Crippen molar-refractivity contribution in [1.29, 1.82) is 0 Å². The standard InChI is InChI=1S/C37H46FN11O3/c1-23(2)49-31-18-33(41-32-6-9-39-37(42-32)47-10-7-26(52-3)8-11-47)40-19-27(31)35(44-49)46-14-12-45(13-15-46)20-24-16-25-21-48(22-28(25)29(38)17-24)30-4-5-34(50)43-36(30)51/h6,9,16-19,23,26,30H,4-5,7-8,10-15,20-22H2,1-3H3,(H,43,50,51)(H,39,40,41,42). The van der Waals surface area contributed by atoms with Crippen LogP contribution in [0.5, 0.6) is 0 Å². The van der Waals surface area contributed by atoms with Gasteiger partial charge in [-0.3, -0.25) is 29.4 Å². The number of ether oxygens (including phenoxy) is 1. The van der Waals surface area contributed by atoms with Gasteiger partial charge in [-0.2, -0.15) is 10.1 Å².